The van der Waals surface area contributed by atoms with E-state index < -0.39 is 0 Å². The molecule has 0 unspecified atom stereocenters. The van der Waals surface area contributed by atoms with Gasteiger partial charge in [-0.1, -0.05) is 48.6 Å². The lowest BCUT2D eigenvalue weighted by atomic mass is 9.96. The molecule has 0 spiro atoms. The minimum atomic E-state index is -0.212. The van der Waals surface area contributed by atoms with E-state index in [0.717, 1.165) is 5.56 Å². The Morgan fingerprint density at radius 3 is 2.59 bits per heavy atom. The zero-order chi connectivity index (χ0) is 14.9. The number of hydrogen-bond donors (Lipinski definition) is 0. The normalized spacial score (nSPS) is 21.6. The van der Waals surface area contributed by atoms with Crippen LogP contribution in [0.25, 0.3) is 17.7 Å². The Morgan fingerprint density at radius 2 is 1.73 bits per heavy atom. The van der Waals surface area contributed by atoms with Crippen molar-refractivity contribution in [3.63, 3.8) is 0 Å². The highest BCUT2D eigenvalue weighted by molar-refractivity contribution is 5.93. The third-order valence-electron chi connectivity index (χ3n) is 4.11. The van der Waals surface area contributed by atoms with Crippen molar-refractivity contribution >= 4 is 17.7 Å². The summed E-state index contributed by atoms with van der Waals surface area (Å²) < 4.78 is 18.7. The maximum absolute atomic E-state index is 13.0. The second-order valence-electron chi connectivity index (χ2n) is 5.53. The summed E-state index contributed by atoms with van der Waals surface area (Å²) in [6.45, 7) is 1.23. The Balaban J connectivity index is 1.78. The molecule has 0 saturated carbocycles. The van der Waals surface area contributed by atoms with E-state index in [0.29, 0.717) is 13.2 Å². The molecule has 2 aliphatic rings. The molecule has 0 N–H and O–H groups in total. The molecule has 1 saturated heterocycles. The monoisotopic (exact) mass is 290 g/mol. The fraction of sp³-hybridized carbons (Fsp3) is 0.100. The smallest absolute Gasteiger partial charge is 0.123 e. The standard InChI is InChI=1S/C20H15FO/c21-17-8-5-14(6-9-17)11-16-12-22-13-20(16)19-10-7-15-3-1-2-4-18(15)19/h1-11H,12-13H2/b16-11+,20-19-. The number of hydrogen-bond acceptors (Lipinski definition) is 1. The van der Waals surface area contributed by atoms with Gasteiger partial charge in [-0.05, 0) is 51.6 Å². The largest absolute Gasteiger partial charge is 0.372 e. The van der Waals surface area contributed by atoms with Crippen LogP contribution < -0.4 is 0 Å². The summed E-state index contributed by atoms with van der Waals surface area (Å²) in [4.78, 5) is 0. The molecule has 1 fully saturated rings. The van der Waals surface area contributed by atoms with Crippen molar-refractivity contribution in [1.82, 2.24) is 0 Å². The van der Waals surface area contributed by atoms with E-state index >= 15 is 0 Å². The van der Waals surface area contributed by atoms with Crippen LogP contribution in [0.4, 0.5) is 4.39 Å². The number of allylic oxidation sites excluding steroid dienone is 2. The highest BCUT2D eigenvalue weighted by Gasteiger charge is 2.21. The van der Waals surface area contributed by atoms with Gasteiger partial charge in [0.05, 0.1) is 13.2 Å². The van der Waals surface area contributed by atoms with Crippen LogP contribution in [0.1, 0.15) is 16.7 Å². The summed E-state index contributed by atoms with van der Waals surface area (Å²) >= 11 is 0. The number of benzene rings is 2. The summed E-state index contributed by atoms with van der Waals surface area (Å²) in [5, 5.41) is 0. The molecule has 2 aromatic carbocycles. The Morgan fingerprint density at radius 1 is 0.909 bits per heavy atom. The van der Waals surface area contributed by atoms with E-state index in [4.69, 9.17) is 4.74 Å². The summed E-state index contributed by atoms with van der Waals surface area (Å²) in [6.07, 6.45) is 6.39. The maximum atomic E-state index is 13.0. The lowest BCUT2D eigenvalue weighted by Crippen LogP contribution is -1.91. The zero-order valence-corrected chi connectivity index (χ0v) is 12.1. The van der Waals surface area contributed by atoms with Crippen LogP contribution in [0, 0.1) is 5.82 Å². The van der Waals surface area contributed by atoms with E-state index in [1.165, 1.54) is 40.0 Å². The van der Waals surface area contributed by atoms with E-state index in [1.807, 2.05) is 0 Å². The number of halogens is 1. The second-order valence-corrected chi connectivity index (χ2v) is 5.53. The molecule has 1 nitrogen and oxygen atoms in total. The number of fused-ring (bicyclic) bond motifs is 1. The molecule has 0 atom stereocenters. The van der Waals surface area contributed by atoms with E-state index in [9.17, 15) is 4.39 Å². The lowest BCUT2D eigenvalue weighted by molar-refractivity contribution is 0.215. The Bertz CT molecular complexity index is 810. The van der Waals surface area contributed by atoms with Crippen LogP contribution in [-0.2, 0) is 4.74 Å². The van der Waals surface area contributed by atoms with Crippen LogP contribution in [0.5, 0.6) is 0 Å². The van der Waals surface area contributed by atoms with E-state index in [-0.39, 0.29) is 5.82 Å². The van der Waals surface area contributed by atoms with Gasteiger partial charge in [0.25, 0.3) is 0 Å². The van der Waals surface area contributed by atoms with Crippen LogP contribution in [0.3, 0.4) is 0 Å². The Labute approximate surface area is 129 Å². The van der Waals surface area contributed by atoms with Gasteiger partial charge in [-0.25, -0.2) is 4.39 Å². The molecule has 22 heavy (non-hydrogen) atoms. The van der Waals surface area contributed by atoms with Crippen molar-refractivity contribution in [2.75, 3.05) is 13.2 Å². The van der Waals surface area contributed by atoms with Crippen molar-refractivity contribution in [3.8, 4) is 0 Å². The fourth-order valence-corrected chi connectivity index (χ4v) is 3.00. The van der Waals surface area contributed by atoms with Gasteiger partial charge >= 0.3 is 0 Å². The molecule has 4 rings (SSSR count). The Kier molecular flexibility index (Phi) is 3.24. The minimum Gasteiger partial charge on any atom is -0.372 e. The van der Waals surface area contributed by atoms with Gasteiger partial charge < -0.3 is 4.74 Å². The average Bonchev–Trinajstić information content (AvgIpc) is 3.16. The first kappa shape index (κ1) is 13.2. The van der Waals surface area contributed by atoms with Gasteiger partial charge in [0.1, 0.15) is 5.82 Å². The molecular formula is C20H15FO. The lowest BCUT2D eigenvalue weighted by Gasteiger charge is -2.06. The summed E-state index contributed by atoms with van der Waals surface area (Å²) in [7, 11) is 0. The van der Waals surface area contributed by atoms with Gasteiger partial charge in [0.2, 0.25) is 0 Å². The van der Waals surface area contributed by atoms with Crippen molar-refractivity contribution in [2.24, 2.45) is 0 Å². The van der Waals surface area contributed by atoms with Crippen molar-refractivity contribution in [1.29, 1.82) is 0 Å². The second kappa shape index (κ2) is 5.39. The third kappa shape index (κ3) is 2.32. The first-order valence-corrected chi connectivity index (χ1v) is 7.36. The topological polar surface area (TPSA) is 9.23 Å². The molecule has 2 aromatic rings. The highest BCUT2D eigenvalue weighted by Crippen LogP contribution is 2.36. The predicted molar refractivity (Wildman–Crippen MR) is 87.6 cm³/mol. The first-order valence-electron chi connectivity index (χ1n) is 7.36. The molecule has 1 aliphatic carbocycles. The minimum absolute atomic E-state index is 0.212. The third-order valence-corrected chi connectivity index (χ3v) is 4.11. The summed E-state index contributed by atoms with van der Waals surface area (Å²) in [6, 6.07) is 14.9. The maximum Gasteiger partial charge on any atom is 0.123 e. The zero-order valence-electron chi connectivity index (χ0n) is 12.1. The fourth-order valence-electron chi connectivity index (χ4n) is 3.00. The van der Waals surface area contributed by atoms with Crippen LogP contribution in [0.2, 0.25) is 0 Å². The quantitative estimate of drug-likeness (QED) is 0.738. The van der Waals surface area contributed by atoms with E-state index in [1.54, 1.807) is 12.1 Å². The molecular weight excluding hydrogens is 275 g/mol. The van der Waals surface area contributed by atoms with Crippen LogP contribution >= 0.6 is 0 Å². The number of ether oxygens (including phenoxy) is 1. The van der Waals surface area contributed by atoms with Crippen molar-refractivity contribution in [3.05, 3.63) is 88.3 Å². The molecule has 0 radical (unpaired) electrons. The van der Waals surface area contributed by atoms with Gasteiger partial charge in [-0.2, -0.15) is 0 Å². The van der Waals surface area contributed by atoms with E-state index in [2.05, 4.69) is 42.5 Å². The molecule has 1 heterocycles. The molecule has 0 bridgehead atoms. The van der Waals surface area contributed by atoms with Gasteiger partial charge in [0, 0.05) is 0 Å². The predicted octanol–water partition coefficient (Wildman–Crippen LogP) is 4.72. The Hall–Kier alpha value is -2.45. The molecule has 1 aliphatic heterocycles. The van der Waals surface area contributed by atoms with Gasteiger partial charge in [-0.15, -0.1) is 0 Å². The SMILES string of the molecule is Fc1ccc(/C=C2\COC\C2=C2/C=Cc3ccccc32)cc1. The average molecular weight is 290 g/mol. The van der Waals surface area contributed by atoms with Crippen LogP contribution in [0.15, 0.2) is 65.8 Å². The van der Waals surface area contributed by atoms with Crippen molar-refractivity contribution < 1.29 is 9.13 Å². The molecule has 0 aromatic heterocycles. The first-order chi connectivity index (χ1) is 10.8. The summed E-state index contributed by atoms with van der Waals surface area (Å²) in [5.41, 5.74) is 7.14. The molecule has 108 valence electrons. The van der Waals surface area contributed by atoms with Gasteiger partial charge in [-0.3, -0.25) is 0 Å². The van der Waals surface area contributed by atoms with Gasteiger partial charge in [0.15, 0.2) is 0 Å². The molecule has 0 amide bonds. The molecule has 2 heteroatoms. The number of rotatable bonds is 1. The highest BCUT2D eigenvalue weighted by atomic mass is 19.1. The summed E-state index contributed by atoms with van der Waals surface area (Å²) in [5.74, 6) is -0.212. The van der Waals surface area contributed by atoms with Crippen LogP contribution in [-0.4, -0.2) is 13.2 Å². The van der Waals surface area contributed by atoms with Crippen molar-refractivity contribution in [2.45, 2.75) is 0 Å².